The fraction of sp³-hybridized carbons (Fsp3) is 0.909. The maximum atomic E-state index is 9.00. The van der Waals surface area contributed by atoms with Crippen LogP contribution in [-0.2, 0) is 4.74 Å². The number of nitrogens with zero attached hydrogens (tertiary/aromatic N) is 2. The predicted octanol–water partition coefficient (Wildman–Crippen LogP) is 1.40. The van der Waals surface area contributed by atoms with Crippen molar-refractivity contribution in [2.45, 2.75) is 31.7 Å². The van der Waals surface area contributed by atoms with E-state index in [1.165, 1.54) is 0 Å². The first-order chi connectivity index (χ1) is 6.76. The van der Waals surface area contributed by atoms with Crippen LogP contribution in [0.15, 0.2) is 0 Å². The molecule has 0 radical (unpaired) electrons. The minimum atomic E-state index is 0.00700. The predicted molar refractivity (Wildman–Crippen MR) is 53.8 cm³/mol. The third-order valence-electron chi connectivity index (χ3n) is 3.46. The van der Waals surface area contributed by atoms with Crippen LogP contribution in [-0.4, -0.2) is 37.7 Å². The van der Waals surface area contributed by atoms with Crippen molar-refractivity contribution in [3.05, 3.63) is 0 Å². The molecule has 2 rings (SSSR count). The van der Waals surface area contributed by atoms with Crippen LogP contribution in [0.2, 0.25) is 0 Å². The van der Waals surface area contributed by atoms with Gasteiger partial charge in [-0.2, -0.15) is 5.26 Å². The van der Waals surface area contributed by atoms with Crippen molar-refractivity contribution in [3.63, 3.8) is 0 Å². The first-order valence-electron chi connectivity index (χ1n) is 5.45. The summed E-state index contributed by atoms with van der Waals surface area (Å²) in [6, 6.07) is 3.08. The van der Waals surface area contributed by atoms with Crippen LogP contribution < -0.4 is 0 Å². The van der Waals surface area contributed by atoms with Gasteiger partial charge in [-0.1, -0.05) is 0 Å². The van der Waals surface area contributed by atoms with Crippen LogP contribution in [0.25, 0.3) is 0 Å². The average Bonchev–Trinajstić information content (AvgIpc) is 3.00. The van der Waals surface area contributed by atoms with Crippen molar-refractivity contribution in [1.82, 2.24) is 4.90 Å². The zero-order valence-corrected chi connectivity index (χ0v) is 8.83. The second-order valence-electron chi connectivity index (χ2n) is 4.65. The first kappa shape index (κ1) is 9.95. The molecule has 1 saturated heterocycles. The zero-order chi connectivity index (χ0) is 10.0. The Labute approximate surface area is 85.6 Å². The lowest BCUT2D eigenvalue weighted by molar-refractivity contribution is 0.0393. The van der Waals surface area contributed by atoms with Gasteiger partial charge in [-0.3, -0.25) is 0 Å². The fourth-order valence-electron chi connectivity index (χ4n) is 2.19. The van der Waals surface area contributed by atoms with Crippen molar-refractivity contribution >= 4 is 0 Å². The lowest BCUT2D eigenvalue weighted by atomic mass is 10.0. The zero-order valence-electron chi connectivity index (χ0n) is 8.83. The van der Waals surface area contributed by atoms with E-state index in [-0.39, 0.29) is 5.41 Å². The molecule has 0 unspecified atom stereocenters. The molecule has 0 aromatic carbocycles. The molecule has 3 nitrogen and oxygen atoms in total. The van der Waals surface area contributed by atoms with Crippen molar-refractivity contribution in [2.24, 2.45) is 5.41 Å². The summed E-state index contributed by atoms with van der Waals surface area (Å²) in [5.74, 6) is 0. The lowest BCUT2D eigenvalue weighted by Crippen LogP contribution is -2.39. The Morgan fingerprint density at radius 3 is 2.57 bits per heavy atom. The van der Waals surface area contributed by atoms with E-state index in [0.717, 1.165) is 45.4 Å². The fourth-order valence-corrected chi connectivity index (χ4v) is 2.19. The van der Waals surface area contributed by atoms with E-state index in [9.17, 15) is 0 Å². The van der Waals surface area contributed by atoms with E-state index in [0.29, 0.717) is 6.04 Å². The van der Waals surface area contributed by atoms with Crippen LogP contribution in [0.5, 0.6) is 0 Å². The SMILES string of the molecule is CN(CC1(C#N)CC1)C1CCOCC1. The van der Waals surface area contributed by atoms with E-state index >= 15 is 0 Å². The van der Waals surface area contributed by atoms with Gasteiger partial charge in [0.2, 0.25) is 0 Å². The highest BCUT2D eigenvalue weighted by molar-refractivity contribution is 5.11. The van der Waals surface area contributed by atoms with E-state index in [1.54, 1.807) is 0 Å². The summed E-state index contributed by atoms with van der Waals surface area (Å²) in [6.45, 7) is 2.72. The number of hydrogen-bond acceptors (Lipinski definition) is 3. The van der Waals surface area contributed by atoms with Crippen molar-refractivity contribution in [3.8, 4) is 6.07 Å². The Morgan fingerprint density at radius 2 is 2.07 bits per heavy atom. The van der Waals surface area contributed by atoms with Gasteiger partial charge in [-0.05, 0) is 32.7 Å². The van der Waals surface area contributed by atoms with Gasteiger partial charge in [-0.15, -0.1) is 0 Å². The molecule has 78 valence electrons. The standard InChI is InChI=1S/C11H18N2O/c1-13(9-11(8-12)4-5-11)10-2-6-14-7-3-10/h10H,2-7,9H2,1H3. The highest BCUT2D eigenvalue weighted by atomic mass is 16.5. The highest BCUT2D eigenvalue weighted by Gasteiger charge is 2.44. The minimum absolute atomic E-state index is 0.00700. The topological polar surface area (TPSA) is 36.3 Å². The van der Waals surface area contributed by atoms with Gasteiger partial charge in [0.15, 0.2) is 0 Å². The summed E-state index contributed by atoms with van der Waals surface area (Å²) in [7, 11) is 2.15. The van der Waals surface area contributed by atoms with E-state index in [2.05, 4.69) is 18.0 Å². The largest absolute Gasteiger partial charge is 0.381 e. The number of ether oxygens (including phenoxy) is 1. The molecule has 2 aliphatic rings. The molecular weight excluding hydrogens is 176 g/mol. The molecule has 0 atom stereocenters. The monoisotopic (exact) mass is 194 g/mol. The third kappa shape index (κ3) is 2.08. The Balaban J connectivity index is 1.82. The van der Waals surface area contributed by atoms with E-state index < -0.39 is 0 Å². The molecule has 1 saturated carbocycles. The van der Waals surface area contributed by atoms with Gasteiger partial charge in [0.1, 0.15) is 0 Å². The van der Waals surface area contributed by atoms with Crippen LogP contribution in [0.3, 0.4) is 0 Å². The minimum Gasteiger partial charge on any atom is -0.381 e. The molecule has 0 amide bonds. The summed E-state index contributed by atoms with van der Waals surface area (Å²) >= 11 is 0. The molecule has 0 aromatic heterocycles. The molecular formula is C11H18N2O. The van der Waals surface area contributed by atoms with Gasteiger partial charge >= 0.3 is 0 Å². The first-order valence-corrected chi connectivity index (χ1v) is 5.45. The highest BCUT2D eigenvalue weighted by Crippen LogP contribution is 2.45. The van der Waals surface area contributed by atoms with Gasteiger partial charge < -0.3 is 9.64 Å². The van der Waals surface area contributed by atoms with Gasteiger partial charge in [-0.25, -0.2) is 0 Å². The molecule has 2 fully saturated rings. The van der Waals surface area contributed by atoms with Gasteiger partial charge in [0.25, 0.3) is 0 Å². The van der Waals surface area contributed by atoms with Crippen LogP contribution in [0.4, 0.5) is 0 Å². The van der Waals surface area contributed by atoms with Crippen LogP contribution in [0, 0.1) is 16.7 Å². The van der Waals surface area contributed by atoms with E-state index in [4.69, 9.17) is 10.00 Å². The Hall–Kier alpha value is -0.590. The van der Waals surface area contributed by atoms with Gasteiger partial charge in [0.05, 0.1) is 11.5 Å². The molecule has 14 heavy (non-hydrogen) atoms. The maximum Gasteiger partial charge on any atom is 0.0703 e. The third-order valence-corrected chi connectivity index (χ3v) is 3.46. The quantitative estimate of drug-likeness (QED) is 0.681. The summed E-state index contributed by atoms with van der Waals surface area (Å²) < 4.78 is 5.33. The number of rotatable bonds is 3. The second kappa shape index (κ2) is 3.88. The van der Waals surface area contributed by atoms with Crippen LogP contribution in [0.1, 0.15) is 25.7 Å². The molecule has 1 heterocycles. The van der Waals surface area contributed by atoms with Gasteiger partial charge in [0, 0.05) is 25.8 Å². The number of nitriles is 1. The summed E-state index contributed by atoms with van der Waals surface area (Å²) in [5.41, 5.74) is 0.00700. The molecule has 1 aliphatic heterocycles. The number of hydrogen-bond donors (Lipinski definition) is 0. The molecule has 1 aliphatic carbocycles. The normalized spacial score (nSPS) is 26.1. The maximum absolute atomic E-state index is 9.00. The molecule has 0 spiro atoms. The molecule has 0 N–H and O–H groups in total. The Morgan fingerprint density at radius 1 is 1.43 bits per heavy atom. The van der Waals surface area contributed by atoms with Crippen molar-refractivity contribution in [1.29, 1.82) is 5.26 Å². The lowest BCUT2D eigenvalue weighted by Gasteiger charge is -2.32. The molecule has 0 bridgehead atoms. The van der Waals surface area contributed by atoms with E-state index in [1.807, 2.05) is 0 Å². The summed E-state index contributed by atoms with van der Waals surface area (Å²) in [4.78, 5) is 2.36. The Kier molecular flexibility index (Phi) is 2.76. The summed E-state index contributed by atoms with van der Waals surface area (Å²) in [5, 5.41) is 9.00. The van der Waals surface area contributed by atoms with Crippen molar-refractivity contribution < 1.29 is 4.74 Å². The molecule has 3 heteroatoms. The Bertz CT molecular complexity index is 236. The smallest absolute Gasteiger partial charge is 0.0703 e. The summed E-state index contributed by atoms with van der Waals surface area (Å²) in [6.07, 6.45) is 4.43. The van der Waals surface area contributed by atoms with Crippen molar-refractivity contribution in [2.75, 3.05) is 26.8 Å². The van der Waals surface area contributed by atoms with Crippen LogP contribution >= 0.6 is 0 Å². The average molecular weight is 194 g/mol. The molecule has 0 aromatic rings. The second-order valence-corrected chi connectivity index (χ2v) is 4.65.